The number of halogens is 1. The minimum absolute atomic E-state index is 0.205. The highest BCUT2D eigenvalue weighted by molar-refractivity contribution is 6.31. The predicted molar refractivity (Wildman–Crippen MR) is 60.6 cm³/mol. The lowest BCUT2D eigenvalue weighted by Gasteiger charge is -2.07. The van der Waals surface area contributed by atoms with Crippen LogP contribution in [0.5, 0.6) is 0 Å². The molecule has 0 unspecified atom stereocenters. The van der Waals surface area contributed by atoms with Gasteiger partial charge in [0.25, 0.3) is 0 Å². The summed E-state index contributed by atoms with van der Waals surface area (Å²) in [6.07, 6.45) is 3.13. The van der Waals surface area contributed by atoms with Gasteiger partial charge in [-0.3, -0.25) is 4.79 Å². The SMILES string of the molecule is O=C1C=C(NCc2ccccc2Cl)CC1. The second-order valence-electron chi connectivity index (χ2n) is 3.58. The molecule has 0 heterocycles. The first-order valence-corrected chi connectivity index (χ1v) is 5.34. The molecule has 78 valence electrons. The molecule has 0 fully saturated rings. The molecule has 2 rings (SSSR count). The van der Waals surface area contributed by atoms with Crippen LogP contribution in [0.15, 0.2) is 36.0 Å². The van der Waals surface area contributed by atoms with Gasteiger partial charge in [-0.25, -0.2) is 0 Å². The van der Waals surface area contributed by atoms with Gasteiger partial charge in [0.1, 0.15) is 0 Å². The van der Waals surface area contributed by atoms with E-state index >= 15 is 0 Å². The van der Waals surface area contributed by atoms with Crippen LogP contribution in [0.2, 0.25) is 5.02 Å². The number of carbonyl (C=O) groups excluding carboxylic acids is 1. The molecular formula is C12H12ClNO. The van der Waals surface area contributed by atoms with Gasteiger partial charge in [0, 0.05) is 29.8 Å². The third kappa shape index (κ3) is 2.60. The van der Waals surface area contributed by atoms with Gasteiger partial charge in [-0.05, 0) is 18.1 Å². The third-order valence-corrected chi connectivity index (χ3v) is 2.81. The highest BCUT2D eigenvalue weighted by Gasteiger charge is 2.11. The first-order chi connectivity index (χ1) is 7.25. The summed E-state index contributed by atoms with van der Waals surface area (Å²) in [5.74, 6) is 0.205. The monoisotopic (exact) mass is 221 g/mol. The van der Waals surface area contributed by atoms with Crippen molar-refractivity contribution in [2.24, 2.45) is 0 Å². The van der Waals surface area contributed by atoms with E-state index in [-0.39, 0.29) is 5.78 Å². The number of allylic oxidation sites excluding steroid dienone is 2. The van der Waals surface area contributed by atoms with Crippen molar-refractivity contribution in [2.75, 3.05) is 0 Å². The smallest absolute Gasteiger partial charge is 0.157 e. The normalized spacial score (nSPS) is 15.3. The van der Waals surface area contributed by atoms with Crippen LogP contribution in [0.3, 0.4) is 0 Å². The van der Waals surface area contributed by atoms with E-state index in [1.807, 2.05) is 24.3 Å². The third-order valence-electron chi connectivity index (χ3n) is 2.44. The predicted octanol–water partition coefficient (Wildman–Crippen LogP) is 2.68. The fourth-order valence-corrected chi connectivity index (χ4v) is 1.79. The van der Waals surface area contributed by atoms with E-state index in [4.69, 9.17) is 11.6 Å². The van der Waals surface area contributed by atoms with Crippen molar-refractivity contribution >= 4 is 17.4 Å². The first kappa shape index (κ1) is 10.2. The Kier molecular flexibility index (Phi) is 3.07. The van der Waals surface area contributed by atoms with Gasteiger partial charge >= 0.3 is 0 Å². The van der Waals surface area contributed by atoms with E-state index in [1.165, 1.54) is 0 Å². The molecular weight excluding hydrogens is 210 g/mol. The Morgan fingerprint density at radius 2 is 2.07 bits per heavy atom. The topological polar surface area (TPSA) is 29.1 Å². The molecule has 0 saturated carbocycles. The molecule has 1 aromatic rings. The summed E-state index contributed by atoms with van der Waals surface area (Å²) < 4.78 is 0. The zero-order valence-electron chi connectivity index (χ0n) is 8.29. The van der Waals surface area contributed by atoms with Crippen molar-refractivity contribution in [3.63, 3.8) is 0 Å². The summed E-state index contributed by atoms with van der Waals surface area (Å²) in [6.45, 7) is 0.679. The number of benzene rings is 1. The maximum absolute atomic E-state index is 11.0. The van der Waals surface area contributed by atoms with Crippen molar-refractivity contribution in [2.45, 2.75) is 19.4 Å². The van der Waals surface area contributed by atoms with Crippen molar-refractivity contribution in [1.82, 2.24) is 5.32 Å². The van der Waals surface area contributed by atoms with Gasteiger partial charge in [-0.2, -0.15) is 0 Å². The van der Waals surface area contributed by atoms with E-state index in [1.54, 1.807) is 6.08 Å². The van der Waals surface area contributed by atoms with Gasteiger partial charge in [0.2, 0.25) is 0 Å². The molecule has 15 heavy (non-hydrogen) atoms. The second-order valence-corrected chi connectivity index (χ2v) is 3.99. The lowest BCUT2D eigenvalue weighted by Crippen LogP contribution is -2.11. The zero-order chi connectivity index (χ0) is 10.7. The average molecular weight is 222 g/mol. The van der Waals surface area contributed by atoms with Gasteiger partial charge < -0.3 is 5.32 Å². The van der Waals surface area contributed by atoms with Crippen molar-refractivity contribution in [3.8, 4) is 0 Å². The van der Waals surface area contributed by atoms with Crippen molar-refractivity contribution < 1.29 is 4.79 Å². The van der Waals surface area contributed by atoms with Crippen LogP contribution in [0.1, 0.15) is 18.4 Å². The van der Waals surface area contributed by atoms with Crippen LogP contribution >= 0.6 is 11.6 Å². The summed E-state index contributed by atoms with van der Waals surface area (Å²) >= 11 is 6.01. The van der Waals surface area contributed by atoms with Gasteiger partial charge in [-0.1, -0.05) is 29.8 Å². The zero-order valence-corrected chi connectivity index (χ0v) is 9.05. The Hall–Kier alpha value is -1.28. The largest absolute Gasteiger partial charge is 0.384 e. The van der Waals surface area contributed by atoms with Gasteiger partial charge in [-0.15, -0.1) is 0 Å². The Bertz CT molecular complexity index is 412. The van der Waals surface area contributed by atoms with Gasteiger partial charge in [0.05, 0.1) is 0 Å². The summed E-state index contributed by atoms with van der Waals surface area (Å²) in [5, 5.41) is 3.98. The van der Waals surface area contributed by atoms with Crippen molar-refractivity contribution in [1.29, 1.82) is 0 Å². The lowest BCUT2D eigenvalue weighted by molar-refractivity contribution is -0.114. The maximum atomic E-state index is 11.0. The molecule has 1 aliphatic rings. The van der Waals surface area contributed by atoms with E-state index in [2.05, 4.69) is 5.32 Å². The lowest BCUT2D eigenvalue weighted by atomic mass is 10.2. The quantitative estimate of drug-likeness (QED) is 0.851. The van der Waals surface area contributed by atoms with Crippen LogP contribution in [0.25, 0.3) is 0 Å². The van der Waals surface area contributed by atoms with Crippen LogP contribution in [-0.2, 0) is 11.3 Å². The number of nitrogens with one attached hydrogen (secondary N) is 1. The molecule has 0 aliphatic heterocycles. The number of carbonyl (C=O) groups is 1. The summed E-state index contributed by atoms with van der Waals surface area (Å²) in [6, 6.07) is 7.71. The molecule has 1 aliphatic carbocycles. The fraction of sp³-hybridized carbons (Fsp3) is 0.250. The molecule has 1 aromatic carbocycles. The van der Waals surface area contributed by atoms with Crippen LogP contribution in [0.4, 0.5) is 0 Å². The molecule has 0 amide bonds. The number of hydrogen-bond donors (Lipinski definition) is 1. The molecule has 2 nitrogen and oxygen atoms in total. The average Bonchev–Trinajstić information content (AvgIpc) is 2.63. The first-order valence-electron chi connectivity index (χ1n) is 4.96. The Morgan fingerprint density at radius 1 is 1.27 bits per heavy atom. The maximum Gasteiger partial charge on any atom is 0.157 e. The molecule has 0 spiro atoms. The minimum Gasteiger partial charge on any atom is -0.384 e. The molecule has 0 radical (unpaired) electrons. The number of hydrogen-bond acceptors (Lipinski definition) is 2. The molecule has 1 N–H and O–H groups in total. The highest BCUT2D eigenvalue weighted by atomic mass is 35.5. The molecule has 0 aromatic heterocycles. The molecule has 0 saturated heterocycles. The van der Waals surface area contributed by atoms with E-state index in [0.717, 1.165) is 22.7 Å². The van der Waals surface area contributed by atoms with Crippen LogP contribution in [0, 0.1) is 0 Å². The van der Waals surface area contributed by atoms with Crippen LogP contribution < -0.4 is 5.32 Å². The Labute approximate surface area is 93.9 Å². The highest BCUT2D eigenvalue weighted by Crippen LogP contribution is 2.17. The summed E-state index contributed by atoms with van der Waals surface area (Å²) in [7, 11) is 0. The van der Waals surface area contributed by atoms with Crippen LogP contribution in [-0.4, -0.2) is 5.78 Å². The minimum atomic E-state index is 0.205. The summed E-state index contributed by atoms with van der Waals surface area (Å²) in [5.41, 5.74) is 2.07. The molecule has 0 atom stereocenters. The standard InChI is InChI=1S/C12H12ClNO/c13-12-4-2-1-3-9(12)8-14-10-5-6-11(15)7-10/h1-4,7,14H,5-6,8H2. The number of rotatable bonds is 3. The van der Waals surface area contributed by atoms with E-state index < -0.39 is 0 Å². The van der Waals surface area contributed by atoms with E-state index in [9.17, 15) is 4.79 Å². The van der Waals surface area contributed by atoms with Crippen molar-refractivity contribution in [3.05, 3.63) is 46.6 Å². The van der Waals surface area contributed by atoms with Gasteiger partial charge in [0.15, 0.2) is 5.78 Å². The second kappa shape index (κ2) is 4.49. The Balaban J connectivity index is 1.97. The fourth-order valence-electron chi connectivity index (χ4n) is 1.59. The summed E-state index contributed by atoms with van der Waals surface area (Å²) in [4.78, 5) is 11.0. The Morgan fingerprint density at radius 3 is 2.73 bits per heavy atom. The van der Waals surface area contributed by atoms with E-state index in [0.29, 0.717) is 13.0 Å². The number of ketones is 1. The molecule has 0 bridgehead atoms. The molecule has 3 heteroatoms.